The van der Waals surface area contributed by atoms with Crippen LogP contribution in [0, 0.1) is 5.92 Å². The average Bonchev–Trinajstić information content (AvgIpc) is 2.30. The number of carbonyl (C=O) groups excluding carboxylic acids is 1. The molecule has 1 rings (SSSR count). The molecular weight excluding hydrogens is 298 g/mol. The van der Waals surface area contributed by atoms with Gasteiger partial charge in [0.15, 0.2) is 5.78 Å². The average molecular weight is 317 g/mol. The Labute approximate surface area is 123 Å². The maximum absolute atomic E-state index is 11.4. The van der Waals surface area contributed by atoms with Gasteiger partial charge in [0.05, 0.1) is 0 Å². The second-order valence-electron chi connectivity index (χ2n) is 4.05. The summed E-state index contributed by atoms with van der Waals surface area (Å²) < 4.78 is 0. The van der Waals surface area contributed by atoms with Gasteiger partial charge in [-0.2, -0.15) is 0 Å². The van der Waals surface area contributed by atoms with Gasteiger partial charge in [-0.15, -0.1) is 0 Å². The van der Waals surface area contributed by atoms with E-state index in [1.165, 1.54) is 12.3 Å². The van der Waals surface area contributed by atoms with E-state index < -0.39 is 12.0 Å². The number of rotatable bonds is 5. The molecule has 0 aliphatic heterocycles. The minimum atomic E-state index is -0.904. The molecule has 0 saturated carbocycles. The molecule has 2 atom stereocenters. The number of allylic oxidation sites excluding steroid dienone is 5. The molecule has 0 spiro atoms. The number of ketones is 1. The molecule has 0 saturated heterocycles. The molecule has 1 aliphatic rings. The Bertz CT molecular complexity index is 401. The predicted molar refractivity (Wildman–Crippen MR) is 69.0 cm³/mol. The molecule has 0 fully saturated rings. The first kappa shape index (κ1) is 20.0. The third kappa shape index (κ3) is 5.87. The minimum absolute atomic E-state index is 0. The van der Waals surface area contributed by atoms with Crippen LogP contribution in [0.4, 0.5) is 0 Å². The summed E-state index contributed by atoms with van der Waals surface area (Å²) in [7, 11) is 0. The molecule has 0 unspecified atom stereocenters. The predicted octanol–water partition coefficient (Wildman–Crippen LogP) is 0.827. The van der Waals surface area contributed by atoms with Crippen LogP contribution in [0.25, 0.3) is 0 Å². The molecule has 0 aromatic rings. The molecule has 6 heteroatoms. The van der Waals surface area contributed by atoms with Crippen molar-refractivity contribution >= 4 is 11.8 Å². The summed E-state index contributed by atoms with van der Waals surface area (Å²) in [6.07, 6.45) is 8.75. The monoisotopic (exact) mass is 316 g/mol. The number of hydrogen-bond acceptors (Lipinski definition) is 3. The molecule has 111 valence electrons. The summed E-state index contributed by atoms with van der Waals surface area (Å²) in [5.74, 6) is -1.02. The summed E-state index contributed by atoms with van der Waals surface area (Å²) in [6.45, 7) is 3.80. The summed E-state index contributed by atoms with van der Waals surface area (Å²) in [4.78, 5) is 22.5. The quantitative estimate of drug-likeness (QED) is 0.579. The van der Waals surface area contributed by atoms with Gasteiger partial charge in [-0.25, -0.2) is 4.79 Å². The number of carbonyl (C=O) groups is 2. The van der Waals surface area contributed by atoms with Crippen molar-refractivity contribution < 1.29 is 37.2 Å². The number of nitrogens with one attached hydrogen (secondary N) is 1. The topological polar surface area (TPSA) is 97.9 Å². The zero-order valence-electron chi connectivity index (χ0n) is 10.8. The number of hydrogen-bond donors (Lipinski definition) is 2. The standard InChI is InChI=1S/C13H17NO3.Cu.H2O/c1-3-9(2)12(13(16)17)14-8-10-6-4-5-7-11(10)15;;/h4-9,12,14H,3H2,1-2H3,(H,16,17);;1H2/b10-8-;;/t9-,12-;;/m0../s1. The summed E-state index contributed by atoms with van der Waals surface area (Å²) >= 11 is 0. The fourth-order valence-corrected chi connectivity index (χ4v) is 1.49. The van der Waals surface area contributed by atoms with Crippen LogP contribution in [0.15, 0.2) is 36.1 Å². The normalized spacial score (nSPS) is 18.2. The van der Waals surface area contributed by atoms with Gasteiger partial charge < -0.3 is 15.9 Å². The largest absolute Gasteiger partial charge is 0.480 e. The van der Waals surface area contributed by atoms with Crippen molar-refractivity contribution in [1.29, 1.82) is 0 Å². The first-order valence-corrected chi connectivity index (χ1v) is 5.64. The van der Waals surface area contributed by atoms with E-state index in [1.54, 1.807) is 18.2 Å². The summed E-state index contributed by atoms with van der Waals surface area (Å²) in [6, 6.07) is -0.667. The summed E-state index contributed by atoms with van der Waals surface area (Å²) in [5, 5.41) is 11.9. The molecular formula is C13H19CuNO4. The van der Waals surface area contributed by atoms with Crippen molar-refractivity contribution in [3.05, 3.63) is 36.1 Å². The second kappa shape index (κ2) is 9.55. The van der Waals surface area contributed by atoms with E-state index in [2.05, 4.69) is 5.32 Å². The first-order chi connectivity index (χ1) is 8.06. The molecule has 0 bridgehead atoms. The van der Waals surface area contributed by atoms with Crippen molar-refractivity contribution in [2.45, 2.75) is 26.3 Å². The van der Waals surface area contributed by atoms with Gasteiger partial charge >= 0.3 is 5.97 Å². The van der Waals surface area contributed by atoms with Crippen molar-refractivity contribution in [1.82, 2.24) is 5.32 Å². The van der Waals surface area contributed by atoms with Crippen LogP contribution in [0.5, 0.6) is 0 Å². The third-order valence-electron chi connectivity index (χ3n) is 2.82. The van der Waals surface area contributed by atoms with Crippen LogP contribution in [0.2, 0.25) is 0 Å². The van der Waals surface area contributed by atoms with Crippen LogP contribution >= 0.6 is 0 Å². The Kier molecular flexibility index (Phi) is 10.0. The van der Waals surface area contributed by atoms with Crippen LogP contribution in [-0.2, 0) is 26.7 Å². The molecule has 4 N–H and O–H groups in total. The number of carboxylic acids is 1. The van der Waals surface area contributed by atoms with E-state index >= 15 is 0 Å². The fourth-order valence-electron chi connectivity index (χ4n) is 1.49. The van der Waals surface area contributed by atoms with Gasteiger partial charge in [0.2, 0.25) is 0 Å². The van der Waals surface area contributed by atoms with E-state index in [0.29, 0.717) is 5.57 Å². The van der Waals surface area contributed by atoms with Crippen molar-refractivity contribution in [3.63, 3.8) is 0 Å². The van der Waals surface area contributed by atoms with E-state index in [1.807, 2.05) is 13.8 Å². The Balaban J connectivity index is 0. The van der Waals surface area contributed by atoms with Crippen LogP contribution in [0.1, 0.15) is 20.3 Å². The number of carboxylic acid groups (broad SMARTS) is 1. The van der Waals surface area contributed by atoms with E-state index in [9.17, 15) is 9.59 Å². The molecule has 1 radical (unpaired) electrons. The van der Waals surface area contributed by atoms with E-state index in [0.717, 1.165) is 6.42 Å². The molecule has 19 heavy (non-hydrogen) atoms. The smallest absolute Gasteiger partial charge is 0.326 e. The van der Waals surface area contributed by atoms with Gasteiger partial charge in [0.1, 0.15) is 6.04 Å². The first-order valence-electron chi connectivity index (χ1n) is 5.64. The molecule has 5 nitrogen and oxygen atoms in total. The third-order valence-corrected chi connectivity index (χ3v) is 2.82. The van der Waals surface area contributed by atoms with Crippen molar-refractivity contribution in [3.8, 4) is 0 Å². The molecule has 0 aromatic carbocycles. The van der Waals surface area contributed by atoms with Crippen LogP contribution in [-0.4, -0.2) is 28.4 Å². The SMILES string of the molecule is CC[C@H](C)[C@H](N/C=C1/C=CC=CC1=O)C(=O)O.O.[Cu]. The zero-order chi connectivity index (χ0) is 12.8. The minimum Gasteiger partial charge on any atom is -0.480 e. The summed E-state index contributed by atoms with van der Waals surface area (Å²) in [5.41, 5.74) is 0.474. The van der Waals surface area contributed by atoms with E-state index in [-0.39, 0.29) is 34.2 Å². The Morgan fingerprint density at radius 1 is 1.42 bits per heavy atom. The van der Waals surface area contributed by atoms with E-state index in [4.69, 9.17) is 5.11 Å². The van der Waals surface area contributed by atoms with Crippen molar-refractivity contribution in [2.75, 3.05) is 0 Å². The zero-order valence-corrected chi connectivity index (χ0v) is 11.8. The fraction of sp³-hybridized carbons (Fsp3) is 0.385. The van der Waals surface area contributed by atoms with Crippen LogP contribution in [0.3, 0.4) is 0 Å². The Morgan fingerprint density at radius 3 is 2.47 bits per heavy atom. The van der Waals surface area contributed by atoms with Gasteiger partial charge in [-0.1, -0.05) is 32.4 Å². The Morgan fingerprint density at radius 2 is 2.00 bits per heavy atom. The van der Waals surface area contributed by atoms with Crippen LogP contribution < -0.4 is 5.32 Å². The number of aliphatic carboxylic acids is 1. The molecule has 0 heterocycles. The van der Waals surface area contributed by atoms with Gasteiger partial charge in [0, 0.05) is 28.8 Å². The van der Waals surface area contributed by atoms with Gasteiger partial charge in [-0.3, -0.25) is 4.79 Å². The second-order valence-corrected chi connectivity index (χ2v) is 4.05. The van der Waals surface area contributed by atoms with Crippen molar-refractivity contribution in [2.24, 2.45) is 5.92 Å². The molecule has 0 amide bonds. The maximum atomic E-state index is 11.4. The maximum Gasteiger partial charge on any atom is 0.326 e. The Hall–Kier alpha value is -1.36. The molecule has 0 aromatic heterocycles. The van der Waals surface area contributed by atoms with Gasteiger partial charge in [-0.05, 0) is 18.1 Å². The van der Waals surface area contributed by atoms with Gasteiger partial charge in [0.25, 0.3) is 0 Å². The molecule has 1 aliphatic carbocycles.